The Morgan fingerprint density at radius 3 is 2.13 bits per heavy atom. The van der Waals surface area contributed by atoms with Crippen molar-refractivity contribution in [3.63, 3.8) is 0 Å². The van der Waals surface area contributed by atoms with E-state index in [0.29, 0.717) is 0 Å². The molecule has 1 aromatic heterocycles. The summed E-state index contributed by atoms with van der Waals surface area (Å²) in [4.78, 5) is 0.0472. The summed E-state index contributed by atoms with van der Waals surface area (Å²) in [6, 6.07) is 1.32. The van der Waals surface area contributed by atoms with Gasteiger partial charge in [-0.15, -0.1) is 0 Å². The van der Waals surface area contributed by atoms with Gasteiger partial charge in [-0.3, -0.25) is 18.2 Å². The summed E-state index contributed by atoms with van der Waals surface area (Å²) >= 11 is 0. The largest absolute Gasteiger partial charge is 0.281 e. The van der Waals surface area contributed by atoms with E-state index in [1.807, 2.05) is 0 Å². The van der Waals surface area contributed by atoms with Gasteiger partial charge in [-0.25, -0.2) is 3.97 Å². The van der Waals surface area contributed by atoms with Gasteiger partial charge in [0.25, 0.3) is 0 Å². The highest BCUT2D eigenvalue weighted by Gasteiger charge is 2.20. The summed E-state index contributed by atoms with van der Waals surface area (Å²) in [6.45, 7) is 0. The van der Waals surface area contributed by atoms with Gasteiger partial charge < -0.3 is 0 Å². The summed E-state index contributed by atoms with van der Waals surface area (Å²) < 4.78 is 39.9. The first-order valence-electron chi connectivity index (χ1n) is 3.78. The molecule has 6 nitrogen and oxygen atoms in total. The Balaban J connectivity index is 3.04. The van der Waals surface area contributed by atoms with Crippen LogP contribution in [0.4, 0.5) is 0 Å². The van der Waals surface area contributed by atoms with E-state index < -0.39 is 20.8 Å². The molecular weight excluding hydrogens is 264 g/mol. The maximum atomic E-state index is 9.67. The molecule has 0 bridgehead atoms. The van der Waals surface area contributed by atoms with Gasteiger partial charge in [-0.2, -0.15) is 4.31 Å². The molecule has 0 atom stereocenters. The van der Waals surface area contributed by atoms with Crippen LogP contribution in [0.3, 0.4) is 0 Å². The topological polar surface area (TPSA) is 89.1 Å². The van der Waals surface area contributed by atoms with Crippen LogP contribution < -0.4 is 0 Å². The number of aromatic nitrogens is 1. The predicted molar refractivity (Wildman–Crippen MR) is 63.3 cm³/mol. The minimum absolute atomic E-state index is 0.0472. The number of nitrogens with zero attached hydrogens (tertiary/aromatic N) is 2. The molecule has 1 heterocycles. The minimum atomic E-state index is -3.34. The zero-order valence-electron chi connectivity index (χ0n) is 8.11. The molecule has 0 amide bonds. The first kappa shape index (κ1) is 13.1. The molecule has 1 aromatic rings. The maximum absolute atomic E-state index is 9.67. The second kappa shape index (κ2) is 4.15. The molecule has 15 heavy (non-hydrogen) atoms. The lowest BCUT2D eigenvalue weighted by Gasteiger charge is -2.38. The quantitative estimate of drug-likeness (QED) is 0.682. The highest BCUT2D eigenvalue weighted by atomic mass is 35.7. The third-order valence-electron chi connectivity index (χ3n) is 1.71. The Labute approximate surface area is 95.5 Å². The van der Waals surface area contributed by atoms with Gasteiger partial charge in [0.2, 0.25) is 0 Å². The number of hydrogen-bond donors (Lipinski definition) is 4. The molecule has 0 aliphatic carbocycles. The van der Waals surface area contributed by atoms with Crippen LogP contribution in [-0.4, -0.2) is 40.6 Å². The molecule has 0 radical (unpaired) electrons. The average Bonchev–Trinajstić information content (AvgIpc) is 2.50. The van der Waals surface area contributed by atoms with Crippen molar-refractivity contribution in [1.82, 2.24) is 8.28 Å². The minimum Gasteiger partial charge on any atom is -0.281 e. The Hall–Kier alpha value is 0.0700. The molecule has 0 unspecified atom stereocenters. The van der Waals surface area contributed by atoms with Gasteiger partial charge in [-0.1, -0.05) is 9.80 Å². The first-order valence-corrected chi connectivity index (χ1v) is 7.61. The smallest absolute Gasteiger partial charge is 0.0952 e. The third-order valence-corrected chi connectivity index (χ3v) is 4.86. The van der Waals surface area contributed by atoms with E-state index >= 15 is 0 Å². The average molecular weight is 277 g/mol. The van der Waals surface area contributed by atoms with Crippen molar-refractivity contribution in [2.24, 2.45) is 0 Å². The van der Waals surface area contributed by atoms with Crippen LogP contribution in [0.5, 0.6) is 0 Å². The van der Waals surface area contributed by atoms with Gasteiger partial charge in [0.15, 0.2) is 0 Å². The lowest BCUT2D eigenvalue weighted by Crippen LogP contribution is -2.23. The highest BCUT2D eigenvalue weighted by Crippen LogP contribution is 2.54. The van der Waals surface area contributed by atoms with Gasteiger partial charge >= 0.3 is 0 Å². The monoisotopic (exact) mass is 276 g/mol. The molecule has 0 spiro atoms. The molecule has 0 aliphatic rings. The van der Waals surface area contributed by atoms with Crippen LogP contribution in [0, 0.1) is 0 Å². The normalized spacial score (nSPS) is 15.7. The van der Waals surface area contributed by atoms with Gasteiger partial charge in [0, 0.05) is 31.0 Å². The Morgan fingerprint density at radius 2 is 1.80 bits per heavy atom. The predicted octanol–water partition coefficient (Wildman–Crippen LogP) is 2.74. The Morgan fingerprint density at radius 1 is 1.27 bits per heavy atom. The van der Waals surface area contributed by atoms with Crippen LogP contribution in [0.25, 0.3) is 0 Å². The number of rotatable bonds is 3. The van der Waals surface area contributed by atoms with Crippen molar-refractivity contribution in [2.75, 3.05) is 14.1 Å². The molecule has 4 N–H and O–H groups in total. The Bertz CT molecular complexity index is 349. The Kier molecular flexibility index (Phi) is 3.63. The number of halogens is 1. The van der Waals surface area contributed by atoms with Gasteiger partial charge in [0.05, 0.1) is 11.1 Å². The molecule has 0 saturated heterocycles. The van der Waals surface area contributed by atoms with Crippen LogP contribution in [0.2, 0.25) is 0 Å². The molecule has 1 rings (SSSR count). The second-order valence-corrected chi connectivity index (χ2v) is 7.84. The van der Waals surface area contributed by atoms with E-state index in [1.165, 1.54) is 36.9 Å². The van der Waals surface area contributed by atoms with Crippen LogP contribution in [0.1, 0.15) is 0 Å². The van der Waals surface area contributed by atoms with Crippen molar-refractivity contribution in [2.45, 2.75) is 4.90 Å². The van der Waals surface area contributed by atoms with E-state index in [0.717, 1.165) is 3.97 Å². The third kappa shape index (κ3) is 2.80. The second-order valence-electron chi connectivity index (χ2n) is 2.99. The summed E-state index contributed by atoms with van der Waals surface area (Å²) in [7, 11) is 1.82. The van der Waals surface area contributed by atoms with Crippen molar-refractivity contribution in [3.8, 4) is 0 Å². The lowest BCUT2D eigenvalue weighted by molar-refractivity contribution is 0.402. The molecule has 0 aromatic carbocycles. The fourth-order valence-corrected chi connectivity index (χ4v) is 2.53. The van der Waals surface area contributed by atoms with Gasteiger partial charge in [0.1, 0.15) is 0 Å². The first-order chi connectivity index (χ1) is 6.65. The lowest BCUT2D eigenvalue weighted by atomic mass is 10.7. The molecule has 0 saturated carbocycles. The van der Waals surface area contributed by atoms with Crippen LogP contribution in [-0.2, 0) is 0 Å². The molecular formula is C6H13ClN2O4S2. The molecule has 0 aliphatic heterocycles. The van der Waals surface area contributed by atoms with Crippen molar-refractivity contribution < 1.29 is 18.2 Å². The summed E-state index contributed by atoms with van der Waals surface area (Å²) in [5.74, 6) is 0. The van der Waals surface area contributed by atoms with Crippen molar-refractivity contribution >= 4 is 31.4 Å². The zero-order chi connectivity index (χ0) is 11.9. The van der Waals surface area contributed by atoms with Crippen molar-refractivity contribution in [3.05, 3.63) is 18.5 Å². The van der Waals surface area contributed by atoms with E-state index in [2.05, 4.69) is 0 Å². The standard InChI is InChI=1S/C6H13ClN2O4S2/c1-8(2)15(12,13)9-4-3-6(5-9)14(7,10)11/h3-5,10-13H,1-2H3. The molecule has 0 fully saturated rings. The van der Waals surface area contributed by atoms with Crippen LogP contribution in [0.15, 0.2) is 23.4 Å². The SMILES string of the molecule is CN(C)S(O)(O)n1ccc(S(O)(O)Cl)c1. The van der Waals surface area contributed by atoms with Crippen molar-refractivity contribution in [1.29, 1.82) is 0 Å². The fourth-order valence-electron chi connectivity index (χ4n) is 0.853. The maximum Gasteiger partial charge on any atom is 0.0952 e. The van der Waals surface area contributed by atoms with E-state index in [-0.39, 0.29) is 4.90 Å². The van der Waals surface area contributed by atoms with E-state index in [1.54, 1.807) is 0 Å². The van der Waals surface area contributed by atoms with Gasteiger partial charge in [-0.05, 0) is 17.0 Å². The summed E-state index contributed by atoms with van der Waals surface area (Å²) in [6.07, 6.45) is 2.51. The number of hydrogen-bond acceptors (Lipinski definition) is 5. The van der Waals surface area contributed by atoms with E-state index in [9.17, 15) is 9.11 Å². The summed E-state index contributed by atoms with van der Waals surface area (Å²) in [5.41, 5.74) is 0. The highest BCUT2D eigenvalue weighted by molar-refractivity contribution is 8.43. The van der Waals surface area contributed by atoms with Crippen LogP contribution >= 0.6 is 31.4 Å². The molecule has 9 heteroatoms. The molecule has 90 valence electrons. The van der Waals surface area contributed by atoms with E-state index in [4.69, 9.17) is 19.8 Å². The fraction of sp³-hybridized carbons (Fsp3) is 0.333. The zero-order valence-corrected chi connectivity index (χ0v) is 10.5. The summed E-state index contributed by atoms with van der Waals surface area (Å²) in [5, 5.41) is 0.